The van der Waals surface area contributed by atoms with Crippen molar-refractivity contribution in [2.75, 3.05) is 32.9 Å². The van der Waals surface area contributed by atoms with Crippen LogP contribution in [-0.4, -0.2) is 66.9 Å². The highest BCUT2D eigenvalue weighted by Gasteiger charge is 2.30. The summed E-state index contributed by atoms with van der Waals surface area (Å²) in [6.45, 7) is 9.70. The van der Waals surface area contributed by atoms with Crippen LogP contribution in [0.25, 0.3) is 10.9 Å². The Hall–Kier alpha value is -2.38. The highest BCUT2D eigenvalue weighted by atomic mass is 16.5. The van der Waals surface area contributed by atoms with Gasteiger partial charge in [-0.3, -0.25) is 4.79 Å². The van der Waals surface area contributed by atoms with E-state index < -0.39 is 0 Å². The molecule has 2 fully saturated rings. The van der Waals surface area contributed by atoms with Crippen molar-refractivity contribution in [1.82, 2.24) is 15.2 Å². The molecule has 0 unspecified atom stereocenters. The van der Waals surface area contributed by atoms with Crippen LogP contribution < -0.4 is 14.8 Å². The smallest absolute Gasteiger partial charge is 0.273 e. The fourth-order valence-electron chi connectivity index (χ4n) is 5.54. The number of hydrogen-bond donors (Lipinski definition) is 1. The maximum absolute atomic E-state index is 14.0. The Labute approximate surface area is 222 Å². The summed E-state index contributed by atoms with van der Waals surface area (Å²) >= 11 is 0. The Morgan fingerprint density at radius 2 is 1.86 bits per heavy atom. The van der Waals surface area contributed by atoms with Gasteiger partial charge in [0, 0.05) is 36.7 Å². The molecule has 0 bridgehead atoms. The Kier molecular flexibility index (Phi) is 10.4. The maximum atomic E-state index is 14.0. The van der Waals surface area contributed by atoms with Crippen molar-refractivity contribution in [2.24, 2.45) is 0 Å². The standard InChI is InChI=1S/C30H45N3O4/c1-4-17-35-18-19-36-28-20-26(30(34)33(22(2)3)23-11-10-16-31-21-23)32-29-25(28)14-9-15-27(29)37-24-12-7-5-6-8-13-24/h9,14-15,20,22-24,31H,4-8,10-13,16-19,21H2,1-3H3/t23-/m1/s1. The minimum atomic E-state index is -0.0537. The summed E-state index contributed by atoms with van der Waals surface area (Å²) in [7, 11) is 0. The maximum Gasteiger partial charge on any atom is 0.273 e. The molecule has 1 N–H and O–H groups in total. The number of nitrogens with one attached hydrogen (secondary N) is 1. The van der Waals surface area contributed by atoms with Crippen LogP contribution in [0.3, 0.4) is 0 Å². The molecule has 1 atom stereocenters. The summed E-state index contributed by atoms with van der Waals surface area (Å²) in [5, 5.41) is 4.32. The number of rotatable bonds is 11. The largest absolute Gasteiger partial charge is 0.490 e. The SMILES string of the molecule is CCCOCCOc1cc(C(=O)N(C(C)C)[C@@H]2CCCNC2)nc2c(OC3CCCCCC3)cccc12. The Morgan fingerprint density at radius 1 is 1.05 bits per heavy atom. The summed E-state index contributed by atoms with van der Waals surface area (Å²) in [6.07, 6.45) is 10.3. The predicted molar refractivity (Wildman–Crippen MR) is 148 cm³/mol. The van der Waals surface area contributed by atoms with Gasteiger partial charge in [0.2, 0.25) is 0 Å². The lowest BCUT2D eigenvalue weighted by Gasteiger charge is -2.37. The van der Waals surface area contributed by atoms with Crippen LogP contribution in [0.4, 0.5) is 0 Å². The molecule has 7 heteroatoms. The Bertz CT molecular complexity index is 998. The highest BCUT2D eigenvalue weighted by molar-refractivity contribution is 5.98. The third-order valence-corrected chi connectivity index (χ3v) is 7.37. The van der Waals surface area contributed by atoms with Gasteiger partial charge in [0.25, 0.3) is 5.91 Å². The van der Waals surface area contributed by atoms with Crippen molar-refractivity contribution in [3.05, 3.63) is 30.0 Å². The number of amides is 1. The second-order valence-electron chi connectivity index (χ2n) is 10.7. The molecule has 37 heavy (non-hydrogen) atoms. The van der Waals surface area contributed by atoms with E-state index in [1.807, 2.05) is 29.2 Å². The molecule has 1 amide bonds. The number of ether oxygens (including phenoxy) is 3. The molecule has 0 spiro atoms. The molecule has 1 saturated heterocycles. The summed E-state index contributed by atoms with van der Waals surface area (Å²) in [4.78, 5) is 20.9. The van der Waals surface area contributed by atoms with Crippen molar-refractivity contribution in [2.45, 2.75) is 96.7 Å². The number of piperidine rings is 1. The van der Waals surface area contributed by atoms with Gasteiger partial charge in [0.05, 0.1) is 12.7 Å². The Balaban J connectivity index is 1.68. The first-order valence-corrected chi connectivity index (χ1v) is 14.4. The van der Waals surface area contributed by atoms with Gasteiger partial charge in [-0.1, -0.05) is 25.8 Å². The van der Waals surface area contributed by atoms with Gasteiger partial charge < -0.3 is 24.4 Å². The molecule has 0 radical (unpaired) electrons. The predicted octanol–water partition coefficient (Wildman–Crippen LogP) is 5.74. The van der Waals surface area contributed by atoms with E-state index in [0.29, 0.717) is 36.8 Å². The molecule has 1 aromatic heterocycles. The molecule has 7 nitrogen and oxygen atoms in total. The van der Waals surface area contributed by atoms with E-state index in [2.05, 4.69) is 26.1 Å². The van der Waals surface area contributed by atoms with Crippen LogP contribution in [0.5, 0.6) is 11.5 Å². The molecule has 2 heterocycles. The first kappa shape index (κ1) is 27.6. The molecule has 2 aromatic rings. The zero-order valence-electron chi connectivity index (χ0n) is 23.0. The lowest BCUT2D eigenvalue weighted by atomic mass is 10.0. The van der Waals surface area contributed by atoms with E-state index in [9.17, 15) is 4.79 Å². The fraction of sp³-hybridized carbons (Fsp3) is 0.667. The third kappa shape index (κ3) is 7.35. The topological polar surface area (TPSA) is 72.9 Å². The number of benzene rings is 1. The molecular weight excluding hydrogens is 466 g/mol. The summed E-state index contributed by atoms with van der Waals surface area (Å²) in [6, 6.07) is 8.01. The van der Waals surface area contributed by atoms with Crippen LogP contribution in [0.15, 0.2) is 24.3 Å². The molecule has 1 aromatic carbocycles. The van der Waals surface area contributed by atoms with Crippen molar-refractivity contribution < 1.29 is 19.0 Å². The molecule has 204 valence electrons. The number of fused-ring (bicyclic) bond motifs is 1. The first-order valence-electron chi connectivity index (χ1n) is 14.4. The molecule has 4 rings (SSSR count). The third-order valence-electron chi connectivity index (χ3n) is 7.37. The van der Waals surface area contributed by atoms with E-state index in [-0.39, 0.29) is 24.1 Å². The molecule has 1 aliphatic carbocycles. The zero-order chi connectivity index (χ0) is 26.0. The van der Waals surface area contributed by atoms with Crippen molar-refractivity contribution in [3.63, 3.8) is 0 Å². The van der Waals surface area contributed by atoms with Gasteiger partial charge in [0.1, 0.15) is 29.3 Å². The average molecular weight is 512 g/mol. The Morgan fingerprint density at radius 3 is 2.57 bits per heavy atom. The first-order chi connectivity index (χ1) is 18.1. The molecule has 1 saturated carbocycles. The van der Waals surface area contributed by atoms with Crippen LogP contribution >= 0.6 is 0 Å². The number of pyridine rings is 1. The summed E-state index contributed by atoms with van der Waals surface area (Å²) < 4.78 is 18.4. The van der Waals surface area contributed by atoms with Crippen LogP contribution in [0, 0.1) is 0 Å². The number of aromatic nitrogens is 1. The number of carbonyl (C=O) groups is 1. The van der Waals surface area contributed by atoms with Crippen LogP contribution in [-0.2, 0) is 4.74 Å². The highest BCUT2D eigenvalue weighted by Crippen LogP contribution is 2.34. The van der Waals surface area contributed by atoms with E-state index in [1.165, 1.54) is 25.7 Å². The summed E-state index contributed by atoms with van der Waals surface area (Å²) in [5.41, 5.74) is 1.11. The number of nitrogens with zero attached hydrogens (tertiary/aromatic N) is 2. The van der Waals surface area contributed by atoms with E-state index in [4.69, 9.17) is 19.2 Å². The summed E-state index contributed by atoms with van der Waals surface area (Å²) in [5.74, 6) is 1.34. The van der Waals surface area contributed by atoms with Crippen molar-refractivity contribution >= 4 is 16.8 Å². The zero-order valence-corrected chi connectivity index (χ0v) is 23.0. The number of hydrogen-bond acceptors (Lipinski definition) is 6. The number of para-hydroxylation sites is 1. The van der Waals surface area contributed by atoms with Gasteiger partial charge in [0.15, 0.2) is 0 Å². The van der Waals surface area contributed by atoms with E-state index in [0.717, 1.165) is 56.3 Å². The van der Waals surface area contributed by atoms with Gasteiger partial charge in [-0.05, 0) is 77.5 Å². The molecule has 2 aliphatic rings. The lowest BCUT2D eigenvalue weighted by Crippen LogP contribution is -2.51. The van der Waals surface area contributed by atoms with E-state index >= 15 is 0 Å². The van der Waals surface area contributed by atoms with Gasteiger partial charge in [-0.15, -0.1) is 0 Å². The molecular formula is C30H45N3O4. The van der Waals surface area contributed by atoms with Crippen LogP contribution in [0.1, 0.15) is 89.0 Å². The van der Waals surface area contributed by atoms with E-state index in [1.54, 1.807) is 0 Å². The van der Waals surface area contributed by atoms with Crippen LogP contribution in [0.2, 0.25) is 0 Å². The average Bonchev–Trinajstić information content (AvgIpc) is 3.18. The minimum Gasteiger partial charge on any atom is -0.490 e. The van der Waals surface area contributed by atoms with Gasteiger partial charge >= 0.3 is 0 Å². The van der Waals surface area contributed by atoms with Crippen molar-refractivity contribution in [1.29, 1.82) is 0 Å². The van der Waals surface area contributed by atoms with Gasteiger partial charge in [-0.2, -0.15) is 0 Å². The lowest BCUT2D eigenvalue weighted by molar-refractivity contribution is 0.0567. The quantitative estimate of drug-likeness (QED) is 0.306. The second-order valence-corrected chi connectivity index (χ2v) is 10.7. The number of carbonyl (C=O) groups excluding carboxylic acids is 1. The van der Waals surface area contributed by atoms with Crippen molar-refractivity contribution in [3.8, 4) is 11.5 Å². The normalized spacial score (nSPS) is 19.1. The van der Waals surface area contributed by atoms with Gasteiger partial charge in [-0.25, -0.2) is 4.98 Å². The fourth-order valence-corrected chi connectivity index (χ4v) is 5.54. The minimum absolute atomic E-state index is 0.0537. The monoisotopic (exact) mass is 511 g/mol. The second kappa shape index (κ2) is 14.0. The molecule has 1 aliphatic heterocycles.